The highest BCUT2D eigenvalue weighted by atomic mass is 16.5. The van der Waals surface area contributed by atoms with E-state index in [0.29, 0.717) is 23.7 Å². The SMILES string of the molecule is COc1ccc(C(=O)NCc2nc3ccccc3n2CC(=O)N(Cc2ccccc2)C(C)C)cc1. The summed E-state index contributed by atoms with van der Waals surface area (Å²) in [4.78, 5) is 32.7. The number of aromatic nitrogens is 2. The first-order chi connectivity index (χ1) is 17.0. The molecule has 0 atom stereocenters. The number of nitrogens with zero attached hydrogens (tertiary/aromatic N) is 3. The van der Waals surface area contributed by atoms with Gasteiger partial charge in [0.25, 0.3) is 5.91 Å². The summed E-state index contributed by atoms with van der Waals surface area (Å²) >= 11 is 0. The summed E-state index contributed by atoms with van der Waals surface area (Å²) in [5.74, 6) is 1.09. The van der Waals surface area contributed by atoms with Gasteiger partial charge in [0.05, 0.1) is 24.7 Å². The number of fused-ring (bicyclic) bond motifs is 1. The Balaban J connectivity index is 1.54. The molecule has 0 spiro atoms. The third-order valence-corrected chi connectivity index (χ3v) is 5.93. The molecule has 7 nitrogen and oxygen atoms in total. The predicted octanol–water partition coefficient (Wildman–Crippen LogP) is 4.41. The maximum atomic E-state index is 13.5. The monoisotopic (exact) mass is 470 g/mol. The Kier molecular flexibility index (Phi) is 7.45. The Hall–Kier alpha value is -4.13. The van der Waals surface area contributed by atoms with Gasteiger partial charge in [-0.2, -0.15) is 0 Å². The second-order valence-electron chi connectivity index (χ2n) is 8.62. The van der Waals surface area contributed by atoms with Crippen LogP contribution in [-0.2, 0) is 24.4 Å². The van der Waals surface area contributed by atoms with Gasteiger partial charge in [-0.15, -0.1) is 0 Å². The summed E-state index contributed by atoms with van der Waals surface area (Å²) in [6.07, 6.45) is 0. The number of ether oxygens (including phenoxy) is 1. The molecule has 35 heavy (non-hydrogen) atoms. The van der Waals surface area contributed by atoms with Gasteiger partial charge in [0.1, 0.15) is 18.1 Å². The third-order valence-electron chi connectivity index (χ3n) is 5.93. The number of imidazole rings is 1. The fourth-order valence-corrected chi connectivity index (χ4v) is 4.01. The Bertz CT molecular complexity index is 1300. The van der Waals surface area contributed by atoms with Crippen LogP contribution in [0.25, 0.3) is 11.0 Å². The minimum atomic E-state index is -0.217. The molecule has 0 unspecified atom stereocenters. The molecule has 2 amide bonds. The van der Waals surface area contributed by atoms with Crippen molar-refractivity contribution >= 4 is 22.8 Å². The fraction of sp³-hybridized carbons (Fsp3) is 0.250. The molecule has 1 aromatic heterocycles. The van der Waals surface area contributed by atoms with Crippen LogP contribution in [0.4, 0.5) is 0 Å². The lowest BCUT2D eigenvalue weighted by Gasteiger charge is -2.27. The van der Waals surface area contributed by atoms with E-state index in [4.69, 9.17) is 9.72 Å². The standard InChI is InChI=1S/C28H30N4O3/c1-20(2)31(18-21-9-5-4-6-10-21)27(33)19-32-25-12-8-7-11-24(25)30-26(32)17-29-28(34)22-13-15-23(35-3)16-14-22/h4-16,20H,17-19H2,1-3H3,(H,29,34). The molecule has 0 fully saturated rings. The van der Waals surface area contributed by atoms with Crippen LogP contribution in [0, 0.1) is 0 Å². The first kappa shape index (κ1) is 24.0. The summed E-state index contributed by atoms with van der Waals surface area (Å²) in [5.41, 5.74) is 3.25. The van der Waals surface area contributed by atoms with E-state index in [-0.39, 0.29) is 30.9 Å². The van der Waals surface area contributed by atoms with Gasteiger partial charge in [-0.05, 0) is 55.8 Å². The van der Waals surface area contributed by atoms with Gasteiger partial charge in [-0.1, -0.05) is 42.5 Å². The maximum absolute atomic E-state index is 13.5. The van der Waals surface area contributed by atoms with Crippen LogP contribution < -0.4 is 10.1 Å². The second-order valence-corrected chi connectivity index (χ2v) is 8.62. The Labute approximate surface area is 205 Å². The average Bonchev–Trinajstić information content (AvgIpc) is 3.23. The number of benzene rings is 3. The Morgan fingerprint density at radius 2 is 1.66 bits per heavy atom. The Morgan fingerprint density at radius 3 is 2.34 bits per heavy atom. The van der Waals surface area contributed by atoms with E-state index >= 15 is 0 Å². The van der Waals surface area contributed by atoms with Gasteiger partial charge in [0.15, 0.2) is 0 Å². The van der Waals surface area contributed by atoms with Crippen molar-refractivity contribution in [1.82, 2.24) is 19.8 Å². The number of methoxy groups -OCH3 is 1. The molecule has 0 saturated carbocycles. The topological polar surface area (TPSA) is 76.5 Å². The molecule has 4 aromatic rings. The van der Waals surface area contributed by atoms with Crippen molar-refractivity contribution in [2.45, 2.75) is 39.5 Å². The normalized spacial score (nSPS) is 11.0. The number of carbonyl (C=O) groups is 2. The van der Waals surface area contributed by atoms with Gasteiger partial charge in [-0.25, -0.2) is 4.98 Å². The smallest absolute Gasteiger partial charge is 0.251 e. The highest BCUT2D eigenvalue weighted by Crippen LogP contribution is 2.18. The van der Waals surface area contributed by atoms with Crippen molar-refractivity contribution in [2.24, 2.45) is 0 Å². The van der Waals surface area contributed by atoms with Crippen molar-refractivity contribution < 1.29 is 14.3 Å². The second kappa shape index (κ2) is 10.9. The molecule has 4 rings (SSSR count). The van der Waals surface area contributed by atoms with Crippen molar-refractivity contribution in [3.8, 4) is 5.75 Å². The van der Waals surface area contributed by atoms with Crippen LogP contribution in [0.15, 0.2) is 78.9 Å². The summed E-state index contributed by atoms with van der Waals surface area (Å²) in [6, 6.07) is 24.6. The van der Waals surface area contributed by atoms with E-state index in [0.717, 1.165) is 16.6 Å². The van der Waals surface area contributed by atoms with Crippen molar-refractivity contribution in [3.05, 3.63) is 95.8 Å². The first-order valence-electron chi connectivity index (χ1n) is 11.7. The zero-order valence-corrected chi connectivity index (χ0v) is 20.3. The molecule has 0 radical (unpaired) electrons. The summed E-state index contributed by atoms with van der Waals surface area (Å²) < 4.78 is 7.05. The van der Waals surface area contributed by atoms with E-state index in [1.807, 2.05) is 77.9 Å². The molecule has 180 valence electrons. The van der Waals surface area contributed by atoms with E-state index in [1.54, 1.807) is 31.4 Å². The number of nitrogens with one attached hydrogen (secondary N) is 1. The van der Waals surface area contributed by atoms with Crippen LogP contribution in [0.3, 0.4) is 0 Å². The molecular weight excluding hydrogens is 440 g/mol. The number of hydrogen-bond donors (Lipinski definition) is 1. The predicted molar refractivity (Wildman–Crippen MR) is 136 cm³/mol. The highest BCUT2D eigenvalue weighted by Gasteiger charge is 2.21. The summed E-state index contributed by atoms with van der Waals surface area (Å²) in [6.45, 7) is 4.91. The molecular formula is C28H30N4O3. The lowest BCUT2D eigenvalue weighted by atomic mass is 10.2. The van der Waals surface area contributed by atoms with Crippen molar-refractivity contribution in [1.29, 1.82) is 0 Å². The number of rotatable bonds is 9. The first-order valence-corrected chi connectivity index (χ1v) is 11.7. The molecule has 0 bridgehead atoms. The minimum Gasteiger partial charge on any atom is -0.497 e. The average molecular weight is 471 g/mol. The van der Waals surface area contributed by atoms with Gasteiger partial charge in [0, 0.05) is 18.2 Å². The lowest BCUT2D eigenvalue weighted by molar-refractivity contribution is -0.134. The molecule has 1 heterocycles. The van der Waals surface area contributed by atoms with Crippen LogP contribution in [0.5, 0.6) is 5.75 Å². The van der Waals surface area contributed by atoms with Crippen LogP contribution in [0.1, 0.15) is 35.6 Å². The third kappa shape index (κ3) is 5.69. The van der Waals surface area contributed by atoms with E-state index in [9.17, 15) is 9.59 Å². The molecule has 0 aliphatic heterocycles. The van der Waals surface area contributed by atoms with Gasteiger partial charge in [0.2, 0.25) is 5.91 Å². The van der Waals surface area contributed by atoms with E-state index in [1.165, 1.54) is 0 Å². The number of amides is 2. The van der Waals surface area contributed by atoms with Crippen LogP contribution in [0.2, 0.25) is 0 Å². The summed E-state index contributed by atoms with van der Waals surface area (Å²) in [7, 11) is 1.58. The zero-order valence-electron chi connectivity index (χ0n) is 20.3. The maximum Gasteiger partial charge on any atom is 0.251 e. The zero-order chi connectivity index (χ0) is 24.8. The van der Waals surface area contributed by atoms with Crippen LogP contribution in [-0.4, -0.2) is 39.4 Å². The number of hydrogen-bond acceptors (Lipinski definition) is 4. The molecule has 3 aromatic carbocycles. The molecule has 0 saturated heterocycles. The van der Waals surface area contributed by atoms with Crippen molar-refractivity contribution in [2.75, 3.05) is 7.11 Å². The van der Waals surface area contributed by atoms with Crippen molar-refractivity contribution in [3.63, 3.8) is 0 Å². The molecule has 0 aliphatic rings. The molecule has 7 heteroatoms. The van der Waals surface area contributed by atoms with Gasteiger partial charge < -0.3 is 19.5 Å². The minimum absolute atomic E-state index is 0.00487. The highest BCUT2D eigenvalue weighted by molar-refractivity contribution is 5.94. The number of carbonyl (C=O) groups excluding carboxylic acids is 2. The van der Waals surface area contributed by atoms with Crippen LogP contribution >= 0.6 is 0 Å². The fourth-order valence-electron chi connectivity index (χ4n) is 4.01. The molecule has 0 aliphatic carbocycles. The van der Waals surface area contributed by atoms with E-state index < -0.39 is 0 Å². The largest absolute Gasteiger partial charge is 0.497 e. The molecule has 1 N–H and O–H groups in total. The summed E-state index contributed by atoms with van der Waals surface area (Å²) in [5, 5.41) is 2.93. The number of para-hydroxylation sites is 2. The quantitative estimate of drug-likeness (QED) is 0.393. The van der Waals surface area contributed by atoms with Gasteiger partial charge in [-0.3, -0.25) is 9.59 Å². The lowest BCUT2D eigenvalue weighted by Crippen LogP contribution is -2.39. The van der Waals surface area contributed by atoms with E-state index in [2.05, 4.69) is 5.32 Å². The van der Waals surface area contributed by atoms with Gasteiger partial charge >= 0.3 is 0 Å². The Morgan fingerprint density at radius 1 is 0.971 bits per heavy atom.